The highest BCUT2D eigenvalue weighted by Gasteiger charge is 2.18. The number of aromatic amines is 2. The lowest BCUT2D eigenvalue weighted by Crippen LogP contribution is -2.11. The minimum atomic E-state index is -0.258. The predicted octanol–water partition coefficient (Wildman–Crippen LogP) is 5.95. The molecule has 0 aliphatic rings. The van der Waals surface area contributed by atoms with Crippen LogP contribution < -0.4 is 5.32 Å². The Bertz CT molecular complexity index is 1750. The number of carbonyl (C=O) groups excluding carboxylic acids is 1. The Hall–Kier alpha value is -4.51. The fraction of sp³-hybridized carbons (Fsp3) is 0.154. The number of amides is 1. The molecule has 0 saturated carbocycles. The zero-order valence-electron chi connectivity index (χ0n) is 19.7. The van der Waals surface area contributed by atoms with Crippen LogP contribution in [0.3, 0.4) is 0 Å². The largest absolute Gasteiger partial charge is 0.325 e. The molecule has 6 rings (SSSR count). The average molecular weight is 513 g/mol. The summed E-state index contributed by atoms with van der Waals surface area (Å²) in [6, 6.07) is 8.82. The second-order valence-corrected chi connectivity index (χ2v) is 9.59. The number of imidazole rings is 1. The smallest absolute Gasteiger partial charge is 0.224 e. The number of fused-ring (bicyclic) bond motifs is 2. The SMILES string of the molecule is CCCCC(=O)Nc1cncc(-c2cnc3[nH]nc(-c4nc5c(-c6ccc(F)s6)ccnc5[nH]4)c3c2)c1. The molecule has 0 atom stereocenters. The minimum absolute atomic E-state index is 0.0327. The summed E-state index contributed by atoms with van der Waals surface area (Å²) in [5, 5.41) is 10.8. The molecule has 0 saturated heterocycles. The van der Waals surface area contributed by atoms with Crippen LogP contribution in [0.5, 0.6) is 0 Å². The van der Waals surface area contributed by atoms with Gasteiger partial charge < -0.3 is 10.3 Å². The van der Waals surface area contributed by atoms with Crippen molar-refractivity contribution in [2.75, 3.05) is 5.32 Å². The molecule has 184 valence electrons. The topological polar surface area (TPSA) is 125 Å². The maximum Gasteiger partial charge on any atom is 0.224 e. The predicted molar refractivity (Wildman–Crippen MR) is 141 cm³/mol. The van der Waals surface area contributed by atoms with Crippen LogP contribution in [-0.4, -0.2) is 41.0 Å². The molecule has 1 amide bonds. The van der Waals surface area contributed by atoms with Crippen LogP contribution in [0.2, 0.25) is 0 Å². The normalized spacial score (nSPS) is 11.4. The van der Waals surface area contributed by atoms with E-state index in [0.29, 0.717) is 40.4 Å². The van der Waals surface area contributed by atoms with Crippen LogP contribution in [0.4, 0.5) is 10.1 Å². The summed E-state index contributed by atoms with van der Waals surface area (Å²) < 4.78 is 13.7. The third-order valence-corrected chi connectivity index (χ3v) is 6.88. The van der Waals surface area contributed by atoms with E-state index in [0.717, 1.165) is 51.1 Å². The molecule has 0 radical (unpaired) electrons. The first kappa shape index (κ1) is 22.9. The van der Waals surface area contributed by atoms with Gasteiger partial charge in [-0.25, -0.2) is 15.0 Å². The van der Waals surface area contributed by atoms with E-state index >= 15 is 0 Å². The van der Waals surface area contributed by atoms with Gasteiger partial charge in [0.25, 0.3) is 0 Å². The van der Waals surface area contributed by atoms with Gasteiger partial charge in [0.2, 0.25) is 5.91 Å². The van der Waals surface area contributed by atoms with Gasteiger partial charge in [0.1, 0.15) is 11.2 Å². The number of anilines is 1. The molecule has 3 N–H and O–H groups in total. The van der Waals surface area contributed by atoms with Gasteiger partial charge in [-0.15, -0.1) is 11.3 Å². The molecule has 9 nitrogen and oxygen atoms in total. The van der Waals surface area contributed by atoms with Crippen LogP contribution in [0, 0.1) is 5.13 Å². The summed E-state index contributed by atoms with van der Waals surface area (Å²) >= 11 is 1.06. The highest BCUT2D eigenvalue weighted by atomic mass is 32.1. The Morgan fingerprint density at radius 1 is 1.08 bits per heavy atom. The average Bonchev–Trinajstić information content (AvgIpc) is 3.64. The van der Waals surface area contributed by atoms with Gasteiger partial charge >= 0.3 is 0 Å². The van der Waals surface area contributed by atoms with Crippen molar-refractivity contribution in [3.8, 4) is 33.1 Å². The summed E-state index contributed by atoms with van der Waals surface area (Å²) in [5.41, 5.74) is 5.45. The molecule has 11 heteroatoms. The number of hydrogen-bond donors (Lipinski definition) is 3. The van der Waals surface area contributed by atoms with Crippen molar-refractivity contribution in [2.45, 2.75) is 26.2 Å². The number of thiophene rings is 1. The molecule has 0 spiro atoms. The molecule has 6 aromatic rings. The molecule has 0 unspecified atom stereocenters. The van der Waals surface area contributed by atoms with Gasteiger partial charge in [0.05, 0.1) is 17.3 Å². The van der Waals surface area contributed by atoms with Gasteiger partial charge in [-0.1, -0.05) is 13.3 Å². The van der Waals surface area contributed by atoms with Gasteiger partial charge in [0.15, 0.2) is 22.2 Å². The molecule has 0 fully saturated rings. The molecule has 6 aromatic heterocycles. The van der Waals surface area contributed by atoms with E-state index < -0.39 is 0 Å². The van der Waals surface area contributed by atoms with Crippen LogP contribution in [0.1, 0.15) is 26.2 Å². The Labute approximate surface area is 214 Å². The van der Waals surface area contributed by atoms with Crippen LogP contribution in [0.25, 0.3) is 55.3 Å². The number of nitrogens with zero attached hydrogens (tertiary/aromatic N) is 5. The van der Waals surface area contributed by atoms with Crippen LogP contribution in [0.15, 0.2) is 55.1 Å². The number of halogens is 1. The number of rotatable bonds is 7. The quantitative estimate of drug-likeness (QED) is 0.243. The number of carbonyl (C=O) groups is 1. The lowest BCUT2D eigenvalue weighted by molar-refractivity contribution is -0.116. The summed E-state index contributed by atoms with van der Waals surface area (Å²) in [4.78, 5) is 34.1. The van der Waals surface area contributed by atoms with Gasteiger partial charge in [-0.2, -0.15) is 9.49 Å². The second-order valence-electron chi connectivity index (χ2n) is 8.55. The maximum atomic E-state index is 13.7. The third-order valence-electron chi connectivity index (χ3n) is 5.98. The summed E-state index contributed by atoms with van der Waals surface area (Å²) in [7, 11) is 0. The molecule has 37 heavy (non-hydrogen) atoms. The fourth-order valence-electron chi connectivity index (χ4n) is 4.15. The van der Waals surface area contributed by atoms with E-state index in [2.05, 4.69) is 35.5 Å². The highest BCUT2D eigenvalue weighted by molar-refractivity contribution is 7.14. The van der Waals surface area contributed by atoms with Gasteiger partial charge in [-0.05, 0) is 36.8 Å². The van der Waals surface area contributed by atoms with Crippen molar-refractivity contribution < 1.29 is 9.18 Å². The Morgan fingerprint density at radius 2 is 1.97 bits per heavy atom. The first-order chi connectivity index (χ1) is 18.1. The number of aromatic nitrogens is 7. The van der Waals surface area contributed by atoms with E-state index in [1.807, 2.05) is 25.1 Å². The first-order valence-electron chi connectivity index (χ1n) is 11.8. The molecular weight excluding hydrogens is 491 g/mol. The van der Waals surface area contributed by atoms with Crippen molar-refractivity contribution in [1.82, 2.24) is 35.1 Å². The van der Waals surface area contributed by atoms with E-state index in [4.69, 9.17) is 4.98 Å². The van der Waals surface area contributed by atoms with Crippen molar-refractivity contribution in [1.29, 1.82) is 0 Å². The monoisotopic (exact) mass is 512 g/mol. The zero-order chi connectivity index (χ0) is 25.4. The highest BCUT2D eigenvalue weighted by Crippen LogP contribution is 2.34. The van der Waals surface area contributed by atoms with Crippen molar-refractivity contribution >= 4 is 45.1 Å². The van der Waals surface area contributed by atoms with E-state index in [1.165, 1.54) is 6.07 Å². The molecule has 0 bridgehead atoms. The van der Waals surface area contributed by atoms with Crippen molar-refractivity contribution in [3.05, 3.63) is 60.3 Å². The first-order valence-corrected chi connectivity index (χ1v) is 12.6. The Balaban J connectivity index is 1.37. The number of unbranched alkanes of at least 4 members (excludes halogenated alkanes) is 1. The third kappa shape index (κ3) is 4.45. The van der Waals surface area contributed by atoms with Gasteiger partial charge in [-0.3, -0.25) is 14.9 Å². The van der Waals surface area contributed by atoms with Crippen molar-refractivity contribution in [2.24, 2.45) is 0 Å². The standard InChI is InChI=1S/C26H21FN8OS/c1-2-3-4-21(36)31-16-9-14(11-28-13-16)15-10-18-23(34-35-24(18)30-12-15)26-32-22-17(7-8-29-25(22)33-26)19-5-6-20(27)37-19/h5-13H,2-4H2,1H3,(H,31,36)(H,29,32,33)(H,30,34,35). The van der Waals surface area contributed by atoms with Crippen LogP contribution in [-0.2, 0) is 4.79 Å². The Kier molecular flexibility index (Phi) is 5.89. The van der Waals surface area contributed by atoms with E-state index in [9.17, 15) is 9.18 Å². The fourth-order valence-corrected chi connectivity index (χ4v) is 4.91. The number of hydrogen-bond acceptors (Lipinski definition) is 7. The molecule has 6 heterocycles. The Morgan fingerprint density at radius 3 is 2.81 bits per heavy atom. The minimum Gasteiger partial charge on any atom is -0.325 e. The summed E-state index contributed by atoms with van der Waals surface area (Å²) in [5.74, 6) is 0.488. The number of nitrogens with one attached hydrogen (secondary N) is 3. The van der Waals surface area contributed by atoms with Gasteiger partial charge in [0, 0.05) is 46.6 Å². The summed E-state index contributed by atoms with van der Waals surface area (Å²) in [6.07, 6.45) is 9.02. The lowest BCUT2D eigenvalue weighted by atomic mass is 10.1. The second kappa shape index (κ2) is 9.51. The van der Waals surface area contributed by atoms with E-state index in [1.54, 1.807) is 30.9 Å². The van der Waals surface area contributed by atoms with Crippen molar-refractivity contribution in [3.63, 3.8) is 0 Å². The maximum absolute atomic E-state index is 13.7. The number of pyridine rings is 3. The molecule has 0 aromatic carbocycles. The molecule has 0 aliphatic heterocycles. The van der Waals surface area contributed by atoms with E-state index in [-0.39, 0.29) is 11.0 Å². The summed E-state index contributed by atoms with van der Waals surface area (Å²) in [6.45, 7) is 2.05. The lowest BCUT2D eigenvalue weighted by Gasteiger charge is -2.07. The molecule has 0 aliphatic carbocycles. The zero-order valence-corrected chi connectivity index (χ0v) is 20.6. The molecular formula is C26H21FN8OS. The van der Waals surface area contributed by atoms with Crippen LogP contribution >= 0.6 is 11.3 Å². The number of H-pyrrole nitrogens is 2.